The fourth-order valence-electron chi connectivity index (χ4n) is 5.32. The van der Waals surface area contributed by atoms with Crippen LogP contribution in [0, 0.1) is 5.41 Å². The highest BCUT2D eigenvalue weighted by Crippen LogP contribution is 2.41. The van der Waals surface area contributed by atoms with Crippen LogP contribution in [0.5, 0.6) is 23.0 Å². The van der Waals surface area contributed by atoms with Crippen LogP contribution >= 0.6 is 0 Å². The molecule has 1 N–H and O–H groups in total. The largest absolute Gasteiger partial charge is 0.493 e. The number of Topliss-reactive ketones (excluding diaryl/α,β-unsaturated/α-hetero) is 1. The number of hydrogen-bond donors (Lipinski definition) is 1. The Labute approximate surface area is 279 Å². The highest BCUT2D eigenvalue weighted by Gasteiger charge is 2.42. The third-order valence-corrected chi connectivity index (χ3v) is 7.90. The molecule has 13 heteroatoms. The number of methoxy groups -OCH3 is 3. The molecule has 1 amide bonds. The van der Waals surface area contributed by atoms with Gasteiger partial charge in [-0.2, -0.15) is 0 Å². The highest BCUT2D eigenvalue weighted by molar-refractivity contribution is 6.38. The van der Waals surface area contributed by atoms with Crippen molar-refractivity contribution in [1.82, 2.24) is 4.90 Å². The van der Waals surface area contributed by atoms with Crippen LogP contribution in [0.1, 0.15) is 56.8 Å². The molecular formula is C35H43NO12. The molecule has 48 heavy (non-hydrogen) atoms. The van der Waals surface area contributed by atoms with E-state index in [1.165, 1.54) is 40.1 Å². The van der Waals surface area contributed by atoms with Crippen LogP contribution in [-0.2, 0) is 39.9 Å². The Morgan fingerprint density at radius 1 is 1.02 bits per heavy atom. The predicted octanol–water partition coefficient (Wildman–Crippen LogP) is 4.10. The molecule has 1 aliphatic heterocycles. The summed E-state index contributed by atoms with van der Waals surface area (Å²) in [5.74, 6) is -2.66. The average Bonchev–Trinajstić information content (AvgIpc) is 3.10. The SMILES string of the molecule is C=CC(=O)OCC(C)(C)C(=O)C(=O)N1CCCC[C@H]1C(=O)OC(CCc1ccc(OC)c(OC)c1OC)c1cccc(OCC(=O)O)c1. The Balaban J connectivity index is 1.90. The van der Waals surface area contributed by atoms with Crippen molar-refractivity contribution in [1.29, 1.82) is 0 Å². The van der Waals surface area contributed by atoms with E-state index < -0.39 is 53.8 Å². The van der Waals surface area contributed by atoms with Gasteiger partial charge in [0.1, 0.15) is 24.5 Å². The maximum atomic E-state index is 13.9. The number of piperidine rings is 1. The van der Waals surface area contributed by atoms with Crippen molar-refractivity contribution in [2.45, 2.75) is 58.1 Å². The fourth-order valence-corrected chi connectivity index (χ4v) is 5.32. The lowest BCUT2D eigenvalue weighted by Gasteiger charge is -2.36. The second-order valence-corrected chi connectivity index (χ2v) is 11.7. The van der Waals surface area contributed by atoms with Crippen molar-refractivity contribution in [3.8, 4) is 23.0 Å². The van der Waals surface area contributed by atoms with E-state index in [1.54, 1.807) is 30.3 Å². The molecule has 260 valence electrons. The number of ether oxygens (including phenoxy) is 6. The number of carbonyl (C=O) groups excluding carboxylic acids is 4. The smallest absolute Gasteiger partial charge is 0.341 e. The van der Waals surface area contributed by atoms with Gasteiger partial charge in [0.25, 0.3) is 5.91 Å². The summed E-state index contributed by atoms with van der Waals surface area (Å²) in [6.45, 7) is 5.56. The Kier molecular flexibility index (Phi) is 13.4. The zero-order valence-electron chi connectivity index (χ0n) is 27.9. The number of carbonyl (C=O) groups is 5. The lowest BCUT2D eigenvalue weighted by atomic mass is 9.87. The van der Waals surface area contributed by atoms with Gasteiger partial charge in [-0.25, -0.2) is 14.4 Å². The zero-order valence-corrected chi connectivity index (χ0v) is 27.9. The Morgan fingerprint density at radius 2 is 1.75 bits per heavy atom. The van der Waals surface area contributed by atoms with Gasteiger partial charge in [-0.1, -0.05) is 24.8 Å². The third-order valence-electron chi connectivity index (χ3n) is 7.90. The summed E-state index contributed by atoms with van der Waals surface area (Å²) in [4.78, 5) is 64.6. The van der Waals surface area contributed by atoms with Crippen LogP contribution in [0.4, 0.5) is 0 Å². The monoisotopic (exact) mass is 669 g/mol. The van der Waals surface area contributed by atoms with Crippen LogP contribution in [0.3, 0.4) is 0 Å². The summed E-state index contributed by atoms with van der Waals surface area (Å²) >= 11 is 0. The molecule has 13 nitrogen and oxygen atoms in total. The van der Waals surface area contributed by atoms with Crippen molar-refractivity contribution >= 4 is 29.6 Å². The van der Waals surface area contributed by atoms with Crippen LogP contribution in [0.2, 0.25) is 0 Å². The minimum Gasteiger partial charge on any atom is -0.493 e. The molecule has 1 saturated heterocycles. The number of carboxylic acid groups (broad SMARTS) is 1. The van der Waals surface area contributed by atoms with E-state index in [1.807, 2.05) is 6.07 Å². The van der Waals surface area contributed by atoms with Crippen LogP contribution in [-0.4, -0.2) is 86.7 Å². The quantitative estimate of drug-likeness (QED) is 0.146. The number of aryl methyl sites for hydroxylation is 1. The Bertz CT molecular complexity index is 1500. The number of nitrogens with zero attached hydrogens (tertiary/aromatic N) is 1. The van der Waals surface area contributed by atoms with E-state index in [2.05, 4.69) is 6.58 Å². The molecule has 0 spiro atoms. The maximum absolute atomic E-state index is 13.9. The zero-order chi connectivity index (χ0) is 35.4. The first-order valence-electron chi connectivity index (χ1n) is 15.4. The van der Waals surface area contributed by atoms with Gasteiger partial charge in [0.2, 0.25) is 11.5 Å². The Morgan fingerprint density at radius 3 is 2.40 bits per heavy atom. The van der Waals surface area contributed by atoms with Gasteiger partial charge >= 0.3 is 17.9 Å². The molecule has 0 saturated carbocycles. The van der Waals surface area contributed by atoms with Crippen LogP contribution in [0.15, 0.2) is 49.1 Å². The summed E-state index contributed by atoms with van der Waals surface area (Å²) < 4.78 is 33.0. The summed E-state index contributed by atoms with van der Waals surface area (Å²) in [5.41, 5.74) is -0.0754. The molecule has 3 rings (SSSR count). The number of carboxylic acids is 1. The van der Waals surface area contributed by atoms with Gasteiger partial charge in [0.05, 0.1) is 26.7 Å². The van der Waals surface area contributed by atoms with Crippen molar-refractivity contribution in [3.63, 3.8) is 0 Å². The first-order valence-corrected chi connectivity index (χ1v) is 15.4. The second kappa shape index (κ2) is 17.2. The number of amides is 1. The molecule has 1 unspecified atom stereocenters. The summed E-state index contributed by atoms with van der Waals surface area (Å²) in [6, 6.07) is 9.06. The lowest BCUT2D eigenvalue weighted by Crippen LogP contribution is -2.53. The molecular weight excluding hydrogens is 626 g/mol. The molecule has 1 fully saturated rings. The number of esters is 2. The number of likely N-dealkylation sites (tertiary alicyclic amines) is 1. The number of benzene rings is 2. The topological polar surface area (TPSA) is 164 Å². The van der Waals surface area contributed by atoms with Crippen molar-refractivity contribution in [2.75, 3.05) is 41.1 Å². The summed E-state index contributed by atoms with van der Waals surface area (Å²) in [6.07, 6.45) is 2.19. The highest BCUT2D eigenvalue weighted by atomic mass is 16.6. The van der Waals surface area contributed by atoms with Gasteiger partial charge in [0.15, 0.2) is 18.1 Å². The molecule has 1 heterocycles. The van der Waals surface area contributed by atoms with E-state index in [0.717, 1.165) is 11.6 Å². The second-order valence-electron chi connectivity index (χ2n) is 11.7. The van der Waals surface area contributed by atoms with Crippen LogP contribution in [0.25, 0.3) is 0 Å². The molecule has 2 aromatic rings. The number of ketones is 1. The normalized spacial score (nSPS) is 15.0. The molecule has 0 radical (unpaired) electrons. The standard InChI is InChI=1S/C35H43NO12/c1-7-29(39)47-21-35(2,3)32(40)33(41)36-18-9-8-13-25(36)34(42)48-26(23-11-10-12-24(19-23)46-20-28(37)38)16-14-22-15-17-27(43-4)31(45-6)30(22)44-5/h7,10-12,15,17,19,25-26H,1,8-9,13-14,16,18,20-21H2,2-6H3,(H,37,38)/t25-,26?/m0/s1. The van der Waals surface area contributed by atoms with Gasteiger partial charge in [-0.3, -0.25) is 9.59 Å². The molecule has 0 aromatic heterocycles. The van der Waals surface area contributed by atoms with Gasteiger partial charge < -0.3 is 38.4 Å². The first-order chi connectivity index (χ1) is 22.9. The average molecular weight is 670 g/mol. The minimum atomic E-state index is -1.35. The molecule has 1 aliphatic rings. The maximum Gasteiger partial charge on any atom is 0.341 e. The van der Waals surface area contributed by atoms with Crippen molar-refractivity contribution in [3.05, 3.63) is 60.2 Å². The molecule has 0 aliphatic carbocycles. The van der Waals surface area contributed by atoms with E-state index in [9.17, 15) is 24.0 Å². The van der Waals surface area contributed by atoms with Crippen molar-refractivity contribution in [2.24, 2.45) is 5.41 Å². The van der Waals surface area contributed by atoms with E-state index >= 15 is 0 Å². The van der Waals surface area contributed by atoms with Crippen LogP contribution < -0.4 is 18.9 Å². The number of aliphatic carboxylic acids is 1. The van der Waals surface area contributed by atoms with Gasteiger partial charge in [-0.05, 0) is 75.3 Å². The molecule has 0 bridgehead atoms. The Hall–Kier alpha value is -5.07. The summed E-state index contributed by atoms with van der Waals surface area (Å²) in [7, 11) is 4.51. The van der Waals surface area contributed by atoms with E-state index in [4.69, 9.17) is 33.5 Å². The lowest BCUT2D eigenvalue weighted by molar-refractivity contribution is -0.165. The number of hydrogen-bond acceptors (Lipinski definition) is 11. The summed E-state index contributed by atoms with van der Waals surface area (Å²) in [5, 5.41) is 9.07. The van der Waals surface area contributed by atoms with Crippen molar-refractivity contribution < 1.29 is 57.5 Å². The first kappa shape index (κ1) is 37.4. The van der Waals surface area contributed by atoms with Gasteiger partial charge in [-0.15, -0.1) is 0 Å². The van der Waals surface area contributed by atoms with E-state index in [-0.39, 0.29) is 31.7 Å². The molecule has 2 atom stereocenters. The number of rotatable bonds is 17. The fraction of sp³-hybridized carbons (Fsp3) is 0.457. The molecule has 2 aromatic carbocycles. The van der Waals surface area contributed by atoms with Gasteiger partial charge in [0, 0.05) is 12.6 Å². The van der Waals surface area contributed by atoms with E-state index in [0.29, 0.717) is 42.1 Å². The third kappa shape index (κ3) is 9.49. The predicted molar refractivity (Wildman–Crippen MR) is 172 cm³/mol. The minimum absolute atomic E-state index is 0.166.